The first-order chi connectivity index (χ1) is 37.1. The molecule has 0 saturated heterocycles. The molecule has 3 rings (SSSR count). The van der Waals surface area contributed by atoms with Crippen molar-refractivity contribution in [2.45, 2.75) is 63.7 Å². The van der Waals surface area contributed by atoms with Gasteiger partial charge >= 0.3 is 5.97 Å². The maximum atomic E-state index is 12.4. The van der Waals surface area contributed by atoms with Crippen LogP contribution in [-0.2, 0) is 77.8 Å². The van der Waals surface area contributed by atoms with Crippen LogP contribution in [-0.4, -0.2) is 201 Å². The van der Waals surface area contributed by atoms with Crippen molar-refractivity contribution in [1.82, 2.24) is 0 Å². The van der Waals surface area contributed by atoms with Gasteiger partial charge < -0.3 is 67.4 Å². The van der Waals surface area contributed by atoms with Crippen LogP contribution in [0.1, 0.15) is 64.5 Å². The molecule has 78 heavy (non-hydrogen) atoms. The van der Waals surface area contributed by atoms with E-state index in [4.69, 9.17) is 47.4 Å². The summed E-state index contributed by atoms with van der Waals surface area (Å²) in [5.41, 5.74) is 2.72. The summed E-state index contributed by atoms with van der Waals surface area (Å²) in [6.45, 7) is 20.9. The molecule has 1 heterocycles. The van der Waals surface area contributed by atoms with Gasteiger partial charge in [0.1, 0.15) is 5.75 Å². The lowest BCUT2D eigenvalue weighted by Gasteiger charge is -2.30. The van der Waals surface area contributed by atoms with Gasteiger partial charge in [-0.3, -0.25) is 13.9 Å². The van der Waals surface area contributed by atoms with E-state index in [-0.39, 0.29) is 48.3 Å². The number of aliphatic carboxylic acids is 1. The fourth-order valence-corrected chi connectivity index (χ4v) is 9.05. The van der Waals surface area contributed by atoms with Crippen molar-refractivity contribution < 1.29 is 88.3 Å². The third-order valence-electron chi connectivity index (χ3n) is 12.4. The second-order valence-electron chi connectivity index (χ2n) is 19.4. The first-order valence-corrected chi connectivity index (χ1v) is 29.2. The highest BCUT2D eigenvalue weighted by molar-refractivity contribution is 7.86. The smallest absolute Gasteiger partial charge is 0.303 e. The number of rotatable bonds is 44. The Bertz CT molecular complexity index is 2390. The molecule has 0 aromatic heterocycles. The number of fused-ring (bicyclic) bond motifs is 1. The van der Waals surface area contributed by atoms with Gasteiger partial charge in [0.05, 0.1) is 130 Å². The van der Waals surface area contributed by atoms with Crippen molar-refractivity contribution in [3.8, 4) is 5.75 Å². The SMILES string of the molecule is C=C(/C=C(/C=C/C=C1\N(CCCS(=O)(=O)O)c2ccc(S(=O)(=O)O)cc2C1(C)CCCC(=O)O)c1ccc(N(CCOCCOCCOCCOCCOC)CCOCCOCCOCCOCCOC)cc1O)C(C)(C)C. The quantitative estimate of drug-likeness (QED) is 0.0309. The predicted octanol–water partition coefficient (Wildman–Crippen LogP) is 6.61. The van der Waals surface area contributed by atoms with Gasteiger partial charge in [0.2, 0.25) is 0 Å². The summed E-state index contributed by atoms with van der Waals surface area (Å²) in [6.07, 6.45) is 7.45. The Kier molecular flexibility index (Phi) is 31.5. The van der Waals surface area contributed by atoms with Crippen molar-refractivity contribution in [3.63, 3.8) is 0 Å². The molecule has 4 N–H and O–H groups in total. The van der Waals surface area contributed by atoms with Crippen LogP contribution in [0.5, 0.6) is 5.75 Å². The number of carboxylic acid groups (broad SMARTS) is 1. The van der Waals surface area contributed by atoms with E-state index in [0.29, 0.717) is 166 Å². The highest BCUT2D eigenvalue weighted by Gasteiger charge is 2.43. The number of ether oxygens (including phenoxy) is 10. The van der Waals surface area contributed by atoms with Crippen molar-refractivity contribution >= 4 is 43.2 Å². The fraction of sp³-hybridized carbons (Fsp3) is 0.618. The number of hydrogen-bond acceptors (Lipinski definition) is 18. The Morgan fingerprint density at radius 2 is 1.19 bits per heavy atom. The maximum absolute atomic E-state index is 12.4. The van der Waals surface area contributed by atoms with E-state index in [1.807, 2.05) is 55.7 Å². The fourth-order valence-electron chi connectivity index (χ4n) is 8.05. The summed E-state index contributed by atoms with van der Waals surface area (Å²) in [5, 5.41) is 21.5. The minimum atomic E-state index is -4.64. The van der Waals surface area contributed by atoms with Gasteiger partial charge in [0.25, 0.3) is 20.2 Å². The number of allylic oxidation sites excluding steroid dienone is 7. The topological polar surface area (TPSA) is 265 Å². The zero-order valence-corrected chi connectivity index (χ0v) is 48.1. The van der Waals surface area contributed by atoms with Crippen LogP contribution >= 0.6 is 0 Å². The molecule has 2 aromatic carbocycles. The van der Waals surface area contributed by atoms with E-state index in [1.165, 1.54) is 18.2 Å². The molecule has 1 atom stereocenters. The van der Waals surface area contributed by atoms with E-state index >= 15 is 0 Å². The highest BCUT2D eigenvalue weighted by atomic mass is 32.2. The van der Waals surface area contributed by atoms with Crippen molar-refractivity contribution in [2.75, 3.05) is 168 Å². The normalized spacial score (nSPS) is 15.7. The van der Waals surface area contributed by atoms with Gasteiger partial charge in [0, 0.05) is 74.4 Å². The van der Waals surface area contributed by atoms with Crippen LogP contribution in [0.25, 0.3) is 5.57 Å². The maximum Gasteiger partial charge on any atom is 0.303 e. The first kappa shape index (κ1) is 68.0. The Balaban J connectivity index is 1.89. The largest absolute Gasteiger partial charge is 0.507 e. The van der Waals surface area contributed by atoms with Crippen LogP contribution in [0, 0.1) is 5.41 Å². The second-order valence-corrected chi connectivity index (χ2v) is 22.4. The standard InChI is InChI=1S/C55H86N2O19S2/c1-44(54(2,3)4)41-45(11-8-12-52-55(5,18-9-13-53(59)60)49-43-47(78(64,65)66)15-17-50(49)57(52)19-10-40-77(61,62)63)48-16-14-46(42-51(48)58)56(20-22-69-28-30-73-36-38-75-34-32-71-26-24-67-6)21-23-70-29-31-74-37-39-76-35-33-72-27-25-68-7/h8,11-12,14-17,41-43,58H,1,9-10,13,18-40H2,2-7H3,(H,59,60)(H,61,62,63)(H,64,65,66)/b11-8+,45-41-,52-12-. The summed E-state index contributed by atoms with van der Waals surface area (Å²) >= 11 is 0. The van der Waals surface area contributed by atoms with Crippen LogP contribution in [0.4, 0.5) is 11.4 Å². The van der Waals surface area contributed by atoms with E-state index in [0.717, 1.165) is 5.57 Å². The average Bonchev–Trinajstić information content (AvgIpc) is 3.82. The molecular weight excluding hydrogens is 1060 g/mol. The summed E-state index contributed by atoms with van der Waals surface area (Å²) in [4.78, 5) is 15.2. The average molecular weight is 1140 g/mol. The molecule has 0 spiro atoms. The van der Waals surface area contributed by atoms with Gasteiger partial charge in [-0.1, -0.05) is 45.6 Å². The number of carbonyl (C=O) groups is 1. The Hall–Kier alpha value is -4.31. The summed E-state index contributed by atoms with van der Waals surface area (Å²) < 4.78 is 123. The van der Waals surface area contributed by atoms with Crippen LogP contribution in [0.15, 0.2) is 83.4 Å². The molecule has 23 heteroatoms. The lowest BCUT2D eigenvalue weighted by Crippen LogP contribution is -2.31. The number of phenols is 1. The van der Waals surface area contributed by atoms with E-state index < -0.39 is 37.4 Å². The number of benzene rings is 2. The predicted molar refractivity (Wildman–Crippen MR) is 298 cm³/mol. The molecular formula is C55H86N2O19S2. The molecule has 442 valence electrons. The molecule has 21 nitrogen and oxygen atoms in total. The zero-order valence-electron chi connectivity index (χ0n) is 46.5. The minimum absolute atomic E-state index is 0.00760. The molecule has 1 aliphatic rings. The second kappa shape index (κ2) is 36.1. The van der Waals surface area contributed by atoms with Gasteiger partial charge in [0.15, 0.2) is 0 Å². The Labute approximate surface area is 462 Å². The number of carboxylic acids is 1. The van der Waals surface area contributed by atoms with Crippen LogP contribution < -0.4 is 9.80 Å². The summed E-state index contributed by atoms with van der Waals surface area (Å²) in [5.74, 6) is -1.60. The van der Waals surface area contributed by atoms with Gasteiger partial charge in [-0.25, -0.2) is 0 Å². The number of aromatic hydroxyl groups is 1. The van der Waals surface area contributed by atoms with Gasteiger partial charge in [-0.2, -0.15) is 16.8 Å². The lowest BCUT2D eigenvalue weighted by molar-refractivity contribution is -0.137. The molecule has 0 aliphatic carbocycles. The van der Waals surface area contributed by atoms with Gasteiger partial charge in [-0.15, -0.1) is 0 Å². The van der Waals surface area contributed by atoms with E-state index in [1.54, 1.807) is 38.5 Å². The highest BCUT2D eigenvalue weighted by Crippen LogP contribution is 2.51. The number of hydrogen-bond donors (Lipinski definition) is 4. The summed E-state index contributed by atoms with van der Waals surface area (Å²) in [7, 11) is -5.74. The number of phenolic OH excluding ortho intramolecular Hbond substituents is 1. The first-order valence-electron chi connectivity index (χ1n) is 26.2. The third kappa shape index (κ3) is 25.9. The lowest BCUT2D eigenvalue weighted by atomic mass is 9.77. The molecule has 0 radical (unpaired) electrons. The molecule has 0 amide bonds. The van der Waals surface area contributed by atoms with Crippen molar-refractivity contribution in [3.05, 3.63) is 89.7 Å². The zero-order chi connectivity index (χ0) is 57.5. The molecule has 0 bridgehead atoms. The Morgan fingerprint density at radius 3 is 1.63 bits per heavy atom. The molecule has 0 fully saturated rings. The summed E-state index contributed by atoms with van der Waals surface area (Å²) in [6, 6.07) is 9.48. The van der Waals surface area contributed by atoms with Crippen molar-refractivity contribution in [1.29, 1.82) is 0 Å². The third-order valence-corrected chi connectivity index (χ3v) is 14.1. The van der Waals surface area contributed by atoms with E-state index in [9.17, 15) is 40.9 Å². The van der Waals surface area contributed by atoms with Gasteiger partial charge in [-0.05, 0) is 84.7 Å². The number of methoxy groups -OCH3 is 2. The van der Waals surface area contributed by atoms with Crippen molar-refractivity contribution in [2.24, 2.45) is 5.41 Å². The van der Waals surface area contributed by atoms with E-state index in [2.05, 4.69) is 6.58 Å². The molecule has 1 unspecified atom stereocenters. The number of nitrogens with zero attached hydrogens (tertiary/aromatic N) is 2. The minimum Gasteiger partial charge on any atom is -0.507 e. The molecule has 2 aromatic rings. The monoisotopic (exact) mass is 1140 g/mol. The molecule has 1 aliphatic heterocycles. The Morgan fingerprint density at radius 1 is 0.705 bits per heavy atom. The molecule has 0 saturated carbocycles. The van der Waals surface area contributed by atoms with Crippen LogP contribution in [0.2, 0.25) is 0 Å². The van der Waals surface area contributed by atoms with Crippen LogP contribution in [0.3, 0.4) is 0 Å². The number of anilines is 2.